The van der Waals surface area contributed by atoms with E-state index >= 15 is 0 Å². The molecule has 3 rings (SSSR count). The lowest BCUT2D eigenvalue weighted by atomic mass is 9.77. The monoisotopic (exact) mass is 530 g/mol. The lowest BCUT2D eigenvalue weighted by molar-refractivity contribution is 0.0385. The molecule has 1 nitrogen and oxygen atoms in total. The van der Waals surface area contributed by atoms with Crippen LogP contribution in [0.5, 0.6) is 5.75 Å². The van der Waals surface area contributed by atoms with Crippen LogP contribution < -0.4 is 4.74 Å². The van der Waals surface area contributed by atoms with Gasteiger partial charge in [-0.15, -0.1) is 0 Å². The molecule has 2 aromatic rings. The zero-order chi connectivity index (χ0) is 27.9. The smallest absolute Gasteiger partial charge is 0.135 e. The number of ether oxygens (including phenoxy) is 1. The van der Waals surface area contributed by atoms with Crippen molar-refractivity contribution in [2.24, 2.45) is 0 Å². The lowest BCUT2D eigenvalue weighted by Gasteiger charge is -2.41. The van der Waals surface area contributed by atoms with Crippen molar-refractivity contribution >= 4 is 6.08 Å². The Kier molecular flexibility index (Phi) is 13.7. The van der Waals surface area contributed by atoms with Gasteiger partial charge in [0.25, 0.3) is 0 Å². The first kappa shape index (κ1) is 31.5. The molecule has 0 fully saturated rings. The number of benzene rings is 2. The Morgan fingerprint density at radius 2 is 1.23 bits per heavy atom. The summed E-state index contributed by atoms with van der Waals surface area (Å²) in [6.45, 7) is 11.4. The predicted octanol–water partition coefficient (Wildman–Crippen LogP) is 12.7. The minimum atomic E-state index is -0.206. The van der Waals surface area contributed by atoms with E-state index in [1.165, 1.54) is 136 Å². The molecule has 0 aromatic heterocycles. The first-order valence-electron chi connectivity index (χ1n) is 16.6. The topological polar surface area (TPSA) is 9.23 Å². The van der Waals surface area contributed by atoms with Gasteiger partial charge >= 0.3 is 0 Å². The molecule has 0 amide bonds. The van der Waals surface area contributed by atoms with Crippen LogP contribution in [0.25, 0.3) is 17.2 Å². The summed E-state index contributed by atoms with van der Waals surface area (Å²) in [5, 5.41) is 0. The zero-order valence-electron chi connectivity index (χ0n) is 26.2. The fourth-order valence-corrected chi connectivity index (χ4v) is 6.36. The summed E-state index contributed by atoms with van der Waals surface area (Å²) in [5.74, 6) is 1.10. The van der Waals surface area contributed by atoms with Gasteiger partial charge in [-0.05, 0) is 69.6 Å². The van der Waals surface area contributed by atoms with Gasteiger partial charge < -0.3 is 4.74 Å². The second-order valence-electron chi connectivity index (χ2n) is 12.4. The first-order chi connectivity index (χ1) is 19.0. The van der Waals surface area contributed by atoms with Crippen LogP contribution in [0.15, 0.2) is 42.0 Å². The highest BCUT2D eigenvalue weighted by Gasteiger charge is 2.40. The van der Waals surface area contributed by atoms with Gasteiger partial charge in [0.15, 0.2) is 0 Å². The number of unbranched alkanes of at least 4 members (excludes halogenated alkanes) is 12. The molecule has 0 unspecified atom stereocenters. The molecule has 216 valence electrons. The van der Waals surface area contributed by atoms with Gasteiger partial charge in [0.2, 0.25) is 0 Å². The number of aryl methyl sites for hydroxylation is 1. The standard InChI is InChI=1S/C38H58O/c1-6-9-12-14-16-19-26-38(27-20-17-15-13-10-7-2)36-29-32(5)22-24-34(36)35-25-23-33(30-37(35)39-38)28-31(4)21-18-11-8-3/h22-25,28-30H,6-21,26-27H2,1-5H3. The van der Waals surface area contributed by atoms with Crippen LogP contribution in [-0.2, 0) is 5.60 Å². The molecule has 1 aliphatic heterocycles. The summed E-state index contributed by atoms with van der Waals surface area (Å²) >= 11 is 0. The second kappa shape index (κ2) is 16.9. The molecule has 2 aromatic carbocycles. The number of fused-ring (bicyclic) bond motifs is 3. The second-order valence-corrected chi connectivity index (χ2v) is 12.4. The summed E-state index contributed by atoms with van der Waals surface area (Å²) in [7, 11) is 0. The van der Waals surface area contributed by atoms with E-state index in [4.69, 9.17) is 4.74 Å². The van der Waals surface area contributed by atoms with Gasteiger partial charge in [-0.25, -0.2) is 0 Å². The van der Waals surface area contributed by atoms with E-state index in [1.807, 2.05) is 0 Å². The fourth-order valence-electron chi connectivity index (χ4n) is 6.36. The third kappa shape index (κ3) is 9.54. The van der Waals surface area contributed by atoms with Crippen LogP contribution in [-0.4, -0.2) is 0 Å². The molecule has 0 aliphatic carbocycles. The van der Waals surface area contributed by atoms with Crippen LogP contribution in [0.2, 0.25) is 0 Å². The number of hydrogen-bond acceptors (Lipinski definition) is 1. The van der Waals surface area contributed by atoms with Crippen molar-refractivity contribution < 1.29 is 4.74 Å². The number of hydrogen-bond donors (Lipinski definition) is 0. The zero-order valence-corrected chi connectivity index (χ0v) is 26.2. The van der Waals surface area contributed by atoms with Gasteiger partial charge in [-0.1, -0.05) is 145 Å². The van der Waals surface area contributed by atoms with E-state index < -0.39 is 0 Å². The highest BCUT2D eigenvalue weighted by atomic mass is 16.5. The normalized spacial score (nSPS) is 14.1. The van der Waals surface area contributed by atoms with Gasteiger partial charge in [-0.3, -0.25) is 0 Å². The van der Waals surface area contributed by atoms with E-state index in [0.29, 0.717) is 0 Å². The summed E-state index contributed by atoms with van der Waals surface area (Å²) in [5.41, 5.74) is 8.00. The molecule has 1 aliphatic rings. The minimum Gasteiger partial charge on any atom is -0.482 e. The Balaban J connectivity index is 1.89. The summed E-state index contributed by atoms with van der Waals surface area (Å²) in [6, 6.07) is 14.0. The molecule has 0 bridgehead atoms. The van der Waals surface area contributed by atoms with Crippen molar-refractivity contribution in [1.82, 2.24) is 0 Å². The molecular formula is C38H58O. The van der Waals surface area contributed by atoms with Gasteiger partial charge in [0.05, 0.1) is 0 Å². The quantitative estimate of drug-likeness (QED) is 0.164. The largest absolute Gasteiger partial charge is 0.482 e. The SMILES string of the molecule is CCCCCCCCC1(CCCCCCCC)Oc2cc(C=C(C)CCCCC)ccc2-c2ccc(C)cc21. The molecular weight excluding hydrogens is 472 g/mol. The Morgan fingerprint density at radius 3 is 1.87 bits per heavy atom. The van der Waals surface area contributed by atoms with E-state index in [2.05, 4.69) is 77.1 Å². The maximum atomic E-state index is 7.25. The van der Waals surface area contributed by atoms with Crippen LogP contribution in [0.4, 0.5) is 0 Å². The van der Waals surface area contributed by atoms with Crippen molar-refractivity contribution in [2.75, 3.05) is 0 Å². The number of rotatable bonds is 19. The third-order valence-corrected chi connectivity index (χ3v) is 8.72. The number of allylic oxidation sites excluding steroid dienone is 1. The molecule has 0 N–H and O–H groups in total. The Morgan fingerprint density at radius 1 is 0.667 bits per heavy atom. The highest BCUT2D eigenvalue weighted by molar-refractivity contribution is 5.78. The van der Waals surface area contributed by atoms with Crippen molar-refractivity contribution in [3.05, 3.63) is 58.7 Å². The minimum absolute atomic E-state index is 0.206. The Labute approximate surface area is 241 Å². The van der Waals surface area contributed by atoms with Gasteiger partial charge in [-0.2, -0.15) is 0 Å². The van der Waals surface area contributed by atoms with Crippen molar-refractivity contribution in [3.8, 4) is 16.9 Å². The Hall–Kier alpha value is -2.02. The molecule has 1 heterocycles. The fraction of sp³-hybridized carbons (Fsp3) is 0.632. The molecule has 0 atom stereocenters. The molecule has 0 saturated carbocycles. The highest BCUT2D eigenvalue weighted by Crippen LogP contribution is 2.50. The molecule has 1 heteroatoms. The van der Waals surface area contributed by atoms with Gasteiger partial charge in [0, 0.05) is 11.1 Å². The average molecular weight is 531 g/mol. The van der Waals surface area contributed by atoms with Crippen LogP contribution in [0, 0.1) is 6.92 Å². The summed E-state index contributed by atoms with van der Waals surface area (Å²) in [4.78, 5) is 0. The maximum Gasteiger partial charge on any atom is 0.135 e. The van der Waals surface area contributed by atoms with Crippen molar-refractivity contribution in [2.45, 2.75) is 156 Å². The molecule has 0 spiro atoms. The lowest BCUT2D eigenvalue weighted by Crippen LogP contribution is -2.36. The van der Waals surface area contributed by atoms with E-state index in [0.717, 1.165) is 18.6 Å². The van der Waals surface area contributed by atoms with Crippen LogP contribution in [0.3, 0.4) is 0 Å². The van der Waals surface area contributed by atoms with Crippen LogP contribution in [0.1, 0.15) is 160 Å². The van der Waals surface area contributed by atoms with E-state index in [1.54, 1.807) is 0 Å². The van der Waals surface area contributed by atoms with Crippen LogP contribution >= 0.6 is 0 Å². The average Bonchev–Trinajstić information content (AvgIpc) is 2.93. The molecule has 0 saturated heterocycles. The van der Waals surface area contributed by atoms with E-state index in [9.17, 15) is 0 Å². The van der Waals surface area contributed by atoms with E-state index in [-0.39, 0.29) is 5.60 Å². The van der Waals surface area contributed by atoms with Gasteiger partial charge in [0.1, 0.15) is 11.4 Å². The summed E-state index contributed by atoms with van der Waals surface area (Å²) in [6.07, 6.45) is 25.6. The first-order valence-corrected chi connectivity index (χ1v) is 16.6. The van der Waals surface area contributed by atoms with Crippen molar-refractivity contribution in [3.63, 3.8) is 0 Å². The third-order valence-electron chi connectivity index (χ3n) is 8.72. The van der Waals surface area contributed by atoms with Crippen molar-refractivity contribution in [1.29, 1.82) is 0 Å². The molecule has 39 heavy (non-hydrogen) atoms. The Bertz CT molecular complexity index is 997. The molecule has 0 radical (unpaired) electrons. The summed E-state index contributed by atoms with van der Waals surface area (Å²) < 4.78 is 7.25. The maximum absolute atomic E-state index is 7.25. The predicted molar refractivity (Wildman–Crippen MR) is 173 cm³/mol.